The minimum Gasteiger partial charge on any atom is -0.381 e. The highest BCUT2D eigenvalue weighted by molar-refractivity contribution is 14.0. The Bertz CT molecular complexity index is 618. The molecule has 3 atom stereocenters. The number of ether oxygens (including phenoxy) is 1. The van der Waals surface area contributed by atoms with Gasteiger partial charge in [0.15, 0.2) is 5.96 Å². The minimum absolute atomic E-state index is 0. The summed E-state index contributed by atoms with van der Waals surface area (Å²) < 4.78 is 19.5. The molecule has 1 saturated carbocycles. The number of benzene rings is 1. The summed E-state index contributed by atoms with van der Waals surface area (Å²) in [6, 6.07) is 7.39. The molecule has 2 aliphatic heterocycles. The Kier molecular flexibility index (Phi) is 5.34. The van der Waals surface area contributed by atoms with Gasteiger partial charge in [0.05, 0.1) is 6.61 Å². The van der Waals surface area contributed by atoms with Crippen LogP contribution in [0.2, 0.25) is 0 Å². The molecule has 1 aromatic carbocycles. The molecule has 24 heavy (non-hydrogen) atoms. The Morgan fingerprint density at radius 3 is 2.92 bits per heavy atom. The second-order valence-corrected chi connectivity index (χ2v) is 7.14. The zero-order valence-corrected chi connectivity index (χ0v) is 16.3. The predicted molar refractivity (Wildman–Crippen MR) is 104 cm³/mol. The van der Waals surface area contributed by atoms with Gasteiger partial charge in [0, 0.05) is 44.1 Å². The number of nitrogens with zero attached hydrogens (tertiary/aromatic N) is 2. The van der Waals surface area contributed by atoms with E-state index in [4.69, 9.17) is 4.74 Å². The largest absolute Gasteiger partial charge is 0.381 e. The SMILES string of the molecule is CN=C(NC1CC1c1ccccc1F)N1CCC2(CCOC2)C1.I. The summed E-state index contributed by atoms with van der Waals surface area (Å²) in [5.74, 6) is 1.12. The Hall–Kier alpha value is -0.890. The average Bonchev–Trinajstić information content (AvgIpc) is 2.98. The van der Waals surface area contributed by atoms with Gasteiger partial charge in [-0.25, -0.2) is 4.39 Å². The van der Waals surface area contributed by atoms with E-state index in [1.54, 1.807) is 12.1 Å². The molecule has 3 unspecified atom stereocenters. The van der Waals surface area contributed by atoms with Crippen molar-refractivity contribution in [1.29, 1.82) is 0 Å². The number of likely N-dealkylation sites (tertiary alicyclic amines) is 1. The van der Waals surface area contributed by atoms with Crippen molar-refractivity contribution in [3.05, 3.63) is 35.6 Å². The summed E-state index contributed by atoms with van der Waals surface area (Å²) in [6.07, 6.45) is 3.30. The molecule has 0 radical (unpaired) electrons. The number of hydrogen-bond acceptors (Lipinski definition) is 2. The van der Waals surface area contributed by atoms with Gasteiger partial charge in [-0.05, 0) is 30.9 Å². The van der Waals surface area contributed by atoms with Crippen LogP contribution in [-0.2, 0) is 4.74 Å². The van der Waals surface area contributed by atoms with E-state index in [-0.39, 0.29) is 35.7 Å². The van der Waals surface area contributed by atoms with Gasteiger partial charge in [-0.2, -0.15) is 0 Å². The van der Waals surface area contributed by atoms with Gasteiger partial charge < -0.3 is 15.0 Å². The van der Waals surface area contributed by atoms with Crippen LogP contribution in [0.4, 0.5) is 4.39 Å². The maximum atomic E-state index is 13.9. The van der Waals surface area contributed by atoms with E-state index < -0.39 is 0 Å². The number of nitrogens with one attached hydrogen (secondary N) is 1. The van der Waals surface area contributed by atoms with Crippen LogP contribution in [0.1, 0.15) is 30.7 Å². The predicted octanol–water partition coefficient (Wildman–Crippen LogP) is 2.99. The molecule has 3 aliphatic rings. The third-order valence-electron chi connectivity index (χ3n) is 5.54. The first-order valence-electron chi connectivity index (χ1n) is 8.51. The van der Waals surface area contributed by atoms with E-state index in [0.717, 1.165) is 50.7 Å². The van der Waals surface area contributed by atoms with Crippen molar-refractivity contribution in [1.82, 2.24) is 10.2 Å². The molecule has 0 aromatic heterocycles. The molecule has 1 N–H and O–H groups in total. The van der Waals surface area contributed by atoms with Gasteiger partial charge in [0.25, 0.3) is 0 Å². The molecule has 132 valence electrons. The molecule has 0 bridgehead atoms. The molecule has 1 aliphatic carbocycles. The molecule has 3 fully saturated rings. The van der Waals surface area contributed by atoms with Gasteiger partial charge in [-0.1, -0.05) is 18.2 Å². The second-order valence-electron chi connectivity index (χ2n) is 7.14. The summed E-state index contributed by atoms with van der Waals surface area (Å²) in [5.41, 5.74) is 1.15. The molecule has 2 saturated heterocycles. The van der Waals surface area contributed by atoms with Crippen molar-refractivity contribution in [2.45, 2.75) is 31.2 Å². The maximum absolute atomic E-state index is 13.9. The van der Waals surface area contributed by atoms with Crippen molar-refractivity contribution in [2.75, 3.05) is 33.4 Å². The number of rotatable bonds is 2. The lowest BCUT2D eigenvalue weighted by molar-refractivity contribution is 0.156. The number of hydrogen-bond donors (Lipinski definition) is 1. The number of guanidine groups is 1. The molecule has 1 aromatic rings. The lowest BCUT2D eigenvalue weighted by Gasteiger charge is -2.25. The topological polar surface area (TPSA) is 36.9 Å². The van der Waals surface area contributed by atoms with Crippen LogP contribution in [0, 0.1) is 11.2 Å². The highest BCUT2D eigenvalue weighted by Gasteiger charge is 2.45. The van der Waals surface area contributed by atoms with Gasteiger partial charge in [0.1, 0.15) is 5.82 Å². The molecule has 4 nitrogen and oxygen atoms in total. The zero-order chi connectivity index (χ0) is 15.9. The van der Waals surface area contributed by atoms with Crippen molar-refractivity contribution < 1.29 is 9.13 Å². The molecule has 6 heteroatoms. The van der Waals surface area contributed by atoms with Gasteiger partial charge >= 0.3 is 0 Å². The van der Waals surface area contributed by atoms with E-state index in [9.17, 15) is 4.39 Å². The van der Waals surface area contributed by atoms with Gasteiger partial charge in [0.2, 0.25) is 0 Å². The lowest BCUT2D eigenvalue weighted by atomic mass is 9.87. The summed E-state index contributed by atoms with van der Waals surface area (Å²) in [6.45, 7) is 3.81. The fourth-order valence-electron chi connectivity index (χ4n) is 4.02. The fourth-order valence-corrected chi connectivity index (χ4v) is 4.02. The van der Waals surface area contributed by atoms with E-state index in [1.165, 1.54) is 6.42 Å². The van der Waals surface area contributed by atoms with Crippen molar-refractivity contribution in [3.8, 4) is 0 Å². The summed E-state index contributed by atoms with van der Waals surface area (Å²) in [7, 11) is 1.83. The van der Waals surface area contributed by atoms with E-state index >= 15 is 0 Å². The molecular weight excluding hydrogens is 420 g/mol. The fraction of sp³-hybridized carbons (Fsp3) is 0.611. The number of aliphatic imine (C=N–C) groups is 1. The molecule has 1 spiro atoms. The second kappa shape index (κ2) is 7.15. The third kappa shape index (κ3) is 3.40. The molecule has 2 heterocycles. The monoisotopic (exact) mass is 445 g/mol. The van der Waals surface area contributed by atoms with Crippen LogP contribution in [0.3, 0.4) is 0 Å². The first-order valence-corrected chi connectivity index (χ1v) is 8.51. The highest BCUT2D eigenvalue weighted by Crippen LogP contribution is 2.42. The van der Waals surface area contributed by atoms with Crippen LogP contribution in [0.15, 0.2) is 29.3 Å². The summed E-state index contributed by atoms with van der Waals surface area (Å²) in [5, 5.41) is 3.53. The first kappa shape index (κ1) is 17.9. The summed E-state index contributed by atoms with van der Waals surface area (Å²) in [4.78, 5) is 6.79. The van der Waals surface area contributed by atoms with E-state index in [2.05, 4.69) is 15.2 Å². The van der Waals surface area contributed by atoms with Crippen LogP contribution in [-0.4, -0.2) is 50.3 Å². The Balaban J connectivity index is 0.00000169. The van der Waals surface area contributed by atoms with Crippen LogP contribution in [0.5, 0.6) is 0 Å². The van der Waals surface area contributed by atoms with Gasteiger partial charge in [-0.15, -0.1) is 24.0 Å². The Labute approximate surface area is 159 Å². The summed E-state index contributed by atoms with van der Waals surface area (Å²) >= 11 is 0. The van der Waals surface area contributed by atoms with E-state index in [1.807, 2.05) is 19.2 Å². The minimum atomic E-state index is -0.0972. The first-order chi connectivity index (χ1) is 11.2. The van der Waals surface area contributed by atoms with Crippen molar-refractivity contribution in [2.24, 2.45) is 10.4 Å². The quantitative estimate of drug-likeness (QED) is 0.432. The molecular formula is C18H25FIN3O. The standard InChI is InChI=1S/C18H24FN3O.HI/c1-20-17(22-8-6-18(11-22)7-9-23-12-18)21-16-10-14(16)13-4-2-3-5-15(13)19;/h2-5,14,16H,6-12H2,1H3,(H,20,21);1H. The Morgan fingerprint density at radius 1 is 1.38 bits per heavy atom. The normalized spacial score (nSPS) is 32.1. The lowest BCUT2D eigenvalue weighted by Crippen LogP contribution is -2.42. The van der Waals surface area contributed by atoms with Crippen LogP contribution < -0.4 is 5.32 Å². The number of halogens is 2. The Morgan fingerprint density at radius 2 is 2.21 bits per heavy atom. The van der Waals surface area contributed by atoms with Crippen LogP contribution in [0.25, 0.3) is 0 Å². The van der Waals surface area contributed by atoms with Crippen molar-refractivity contribution in [3.63, 3.8) is 0 Å². The van der Waals surface area contributed by atoms with Crippen molar-refractivity contribution >= 4 is 29.9 Å². The zero-order valence-electron chi connectivity index (χ0n) is 14.0. The molecule has 0 amide bonds. The maximum Gasteiger partial charge on any atom is 0.193 e. The third-order valence-corrected chi connectivity index (χ3v) is 5.54. The highest BCUT2D eigenvalue weighted by atomic mass is 127. The van der Waals surface area contributed by atoms with Gasteiger partial charge in [-0.3, -0.25) is 4.99 Å². The molecule has 4 rings (SSSR count). The smallest absolute Gasteiger partial charge is 0.193 e. The average molecular weight is 445 g/mol. The van der Waals surface area contributed by atoms with E-state index in [0.29, 0.717) is 11.5 Å². The van der Waals surface area contributed by atoms with Crippen LogP contribution >= 0.6 is 24.0 Å².